The predicted molar refractivity (Wildman–Crippen MR) is 85.5 cm³/mol. The summed E-state index contributed by atoms with van der Waals surface area (Å²) < 4.78 is 14.6. The molecule has 0 amide bonds. The lowest BCUT2D eigenvalue weighted by Crippen LogP contribution is -2.11. The van der Waals surface area contributed by atoms with Crippen molar-refractivity contribution in [1.29, 1.82) is 0 Å². The average molecular weight is 364 g/mol. The van der Waals surface area contributed by atoms with E-state index in [4.69, 9.17) is 5.73 Å². The predicted octanol–water partition coefficient (Wildman–Crippen LogP) is 4.15. The second-order valence-corrected chi connectivity index (χ2v) is 6.29. The number of hydrogen-bond donors (Lipinski definition) is 1. The van der Waals surface area contributed by atoms with E-state index in [1.54, 1.807) is 12.1 Å². The molecule has 3 nitrogen and oxygen atoms in total. The Bertz CT molecular complexity index is 740. The highest BCUT2D eigenvalue weighted by molar-refractivity contribution is 9.10. The van der Waals surface area contributed by atoms with Gasteiger partial charge in [-0.2, -0.15) is 0 Å². The lowest BCUT2D eigenvalue weighted by molar-refractivity contribution is 0.630. The summed E-state index contributed by atoms with van der Waals surface area (Å²) >= 11 is 4.64. The van der Waals surface area contributed by atoms with Crippen LogP contribution in [-0.2, 0) is 0 Å². The third-order valence-corrected chi connectivity index (χ3v) is 4.73. The SMILES string of the molecule is NC(c1ccccc1)c1nnc(-c2c(F)cccc2Br)s1. The van der Waals surface area contributed by atoms with Crippen LogP contribution in [0.4, 0.5) is 4.39 Å². The van der Waals surface area contributed by atoms with Gasteiger partial charge < -0.3 is 5.73 Å². The minimum atomic E-state index is -0.358. The van der Waals surface area contributed by atoms with Crippen molar-refractivity contribution in [2.45, 2.75) is 6.04 Å². The Morgan fingerprint density at radius 3 is 2.52 bits per heavy atom. The number of rotatable bonds is 3. The zero-order valence-electron chi connectivity index (χ0n) is 10.8. The molecule has 3 aromatic rings. The summed E-state index contributed by atoms with van der Waals surface area (Å²) in [6, 6.07) is 14.1. The smallest absolute Gasteiger partial charge is 0.151 e. The Hall–Kier alpha value is -1.63. The molecule has 2 N–H and O–H groups in total. The molecule has 6 heteroatoms. The van der Waals surface area contributed by atoms with E-state index in [-0.39, 0.29) is 11.9 Å². The summed E-state index contributed by atoms with van der Waals surface area (Å²) in [5.74, 6) is -0.333. The summed E-state index contributed by atoms with van der Waals surface area (Å²) in [6.45, 7) is 0. The molecule has 0 spiro atoms. The third kappa shape index (κ3) is 2.88. The fourth-order valence-corrected chi connectivity index (χ4v) is 3.56. The van der Waals surface area contributed by atoms with E-state index in [9.17, 15) is 4.39 Å². The maximum atomic E-state index is 13.9. The van der Waals surface area contributed by atoms with Crippen LogP contribution in [-0.4, -0.2) is 10.2 Å². The molecular formula is C15H11BrFN3S. The van der Waals surface area contributed by atoms with Crippen LogP contribution >= 0.6 is 27.3 Å². The zero-order valence-corrected chi connectivity index (χ0v) is 13.2. The molecule has 3 rings (SSSR count). The summed E-state index contributed by atoms with van der Waals surface area (Å²) in [5.41, 5.74) is 7.56. The van der Waals surface area contributed by atoms with Gasteiger partial charge in [0.25, 0.3) is 0 Å². The van der Waals surface area contributed by atoms with Crippen molar-refractivity contribution in [2.24, 2.45) is 5.73 Å². The highest BCUT2D eigenvalue weighted by atomic mass is 79.9. The van der Waals surface area contributed by atoms with Gasteiger partial charge in [0.05, 0.1) is 11.6 Å². The largest absolute Gasteiger partial charge is 0.318 e. The standard InChI is InChI=1S/C15H11BrFN3S/c16-10-7-4-8-11(17)12(10)14-19-20-15(21-14)13(18)9-5-2-1-3-6-9/h1-8,13H,18H2. The van der Waals surface area contributed by atoms with E-state index >= 15 is 0 Å². The van der Waals surface area contributed by atoms with Crippen molar-refractivity contribution < 1.29 is 4.39 Å². The van der Waals surface area contributed by atoms with Crippen LogP contribution in [0, 0.1) is 5.82 Å². The van der Waals surface area contributed by atoms with Crippen molar-refractivity contribution in [1.82, 2.24) is 10.2 Å². The summed E-state index contributed by atoms with van der Waals surface area (Å²) in [6.07, 6.45) is 0. The van der Waals surface area contributed by atoms with Gasteiger partial charge >= 0.3 is 0 Å². The zero-order chi connectivity index (χ0) is 14.8. The normalized spacial score (nSPS) is 12.3. The van der Waals surface area contributed by atoms with Crippen molar-refractivity contribution in [3.8, 4) is 10.6 Å². The quantitative estimate of drug-likeness (QED) is 0.760. The summed E-state index contributed by atoms with van der Waals surface area (Å²) in [7, 11) is 0. The van der Waals surface area contributed by atoms with Crippen LogP contribution in [0.25, 0.3) is 10.6 Å². The van der Waals surface area contributed by atoms with Crippen LogP contribution in [0.15, 0.2) is 53.0 Å². The van der Waals surface area contributed by atoms with Gasteiger partial charge in [-0.1, -0.05) is 47.7 Å². The van der Waals surface area contributed by atoms with E-state index in [1.165, 1.54) is 17.4 Å². The lowest BCUT2D eigenvalue weighted by atomic mass is 10.1. The van der Waals surface area contributed by atoms with Gasteiger partial charge in [0.1, 0.15) is 10.8 Å². The first kappa shape index (κ1) is 14.3. The molecule has 1 unspecified atom stereocenters. The number of benzene rings is 2. The van der Waals surface area contributed by atoms with E-state index in [0.717, 1.165) is 5.56 Å². The van der Waals surface area contributed by atoms with Gasteiger partial charge in [0, 0.05) is 4.47 Å². The van der Waals surface area contributed by atoms with Crippen LogP contribution in [0.3, 0.4) is 0 Å². The molecule has 1 aromatic heterocycles. The van der Waals surface area contributed by atoms with Gasteiger partial charge in [0.15, 0.2) is 5.01 Å². The molecule has 106 valence electrons. The molecule has 0 radical (unpaired) electrons. The topological polar surface area (TPSA) is 51.8 Å². The molecular weight excluding hydrogens is 353 g/mol. The van der Waals surface area contributed by atoms with E-state index in [1.807, 2.05) is 30.3 Å². The number of hydrogen-bond acceptors (Lipinski definition) is 4. The second kappa shape index (κ2) is 6.01. The Labute approximate surface area is 133 Å². The maximum absolute atomic E-state index is 13.9. The number of nitrogens with zero attached hydrogens (tertiary/aromatic N) is 2. The van der Waals surface area contributed by atoms with E-state index in [2.05, 4.69) is 26.1 Å². The van der Waals surface area contributed by atoms with Crippen molar-refractivity contribution in [3.05, 3.63) is 69.4 Å². The van der Waals surface area contributed by atoms with Crippen LogP contribution < -0.4 is 5.73 Å². The number of aromatic nitrogens is 2. The fourth-order valence-electron chi connectivity index (χ4n) is 1.97. The van der Waals surface area contributed by atoms with Gasteiger partial charge in [-0.15, -0.1) is 10.2 Å². The van der Waals surface area contributed by atoms with Gasteiger partial charge in [-0.05, 0) is 33.6 Å². The maximum Gasteiger partial charge on any atom is 0.151 e. The van der Waals surface area contributed by atoms with E-state index < -0.39 is 0 Å². The highest BCUT2D eigenvalue weighted by Gasteiger charge is 2.18. The van der Waals surface area contributed by atoms with E-state index in [0.29, 0.717) is 20.1 Å². The monoisotopic (exact) mass is 363 g/mol. The Kier molecular flexibility index (Phi) is 4.10. The molecule has 0 aliphatic rings. The first-order valence-electron chi connectivity index (χ1n) is 6.25. The molecule has 0 saturated heterocycles. The lowest BCUT2D eigenvalue weighted by Gasteiger charge is -2.07. The molecule has 0 bridgehead atoms. The fraction of sp³-hybridized carbons (Fsp3) is 0.0667. The van der Waals surface area contributed by atoms with Gasteiger partial charge in [0.2, 0.25) is 0 Å². The molecule has 0 saturated carbocycles. The molecule has 0 fully saturated rings. The summed E-state index contributed by atoms with van der Waals surface area (Å²) in [5, 5.41) is 9.35. The van der Waals surface area contributed by atoms with Crippen LogP contribution in [0.5, 0.6) is 0 Å². The van der Waals surface area contributed by atoms with Gasteiger partial charge in [-0.25, -0.2) is 4.39 Å². The van der Waals surface area contributed by atoms with Crippen LogP contribution in [0.2, 0.25) is 0 Å². The molecule has 21 heavy (non-hydrogen) atoms. The van der Waals surface area contributed by atoms with Crippen LogP contribution in [0.1, 0.15) is 16.6 Å². The first-order chi connectivity index (χ1) is 10.2. The minimum absolute atomic E-state index is 0.333. The van der Waals surface area contributed by atoms with Crippen molar-refractivity contribution >= 4 is 27.3 Å². The number of halogens is 2. The Morgan fingerprint density at radius 2 is 1.81 bits per heavy atom. The number of nitrogens with two attached hydrogens (primary N) is 1. The van der Waals surface area contributed by atoms with Gasteiger partial charge in [-0.3, -0.25) is 0 Å². The molecule has 2 aromatic carbocycles. The second-order valence-electron chi connectivity index (χ2n) is 4.43. The Balaban J connectivity index is 1.97. The van der Waals surface area contributed by atoms with Crippen molar-refractivity contribution in [2.75, 3.05) is 0 Å². The minimum Gasteiger partial charge on any atom is -0.318 e. The molecule has 1 heterocycles. The van der Waals surface area contributed by atoms with Crippen molar-refractivity contribution in [3.63, 3.8) is 0 Å². The molecule has 1 atom stereocenters. The highest BCUT2D eigenvalue weighted by Crippen LogP contribution is 2.34. The molecule has 0 aliphatic carbocycles. The summed E-state index contributed by atoms with van der Waals surface area (Å²) in [4.78, 5) is 0. The molecule has 0 aliphatic heterocycles. The Morgan fingerprint density at radius 1 is 1.05 bits per heavy atom. The first-order valence-corrected chi connectivity index (χ1v) is 7.86. The third-order valence-electron chi connectivity index (χ3n) is 3.04. The average Bonchev–Trinajstić information content (AvgIpc) is 2.97.